The van der Waals surface area contributed by atoms with Gasteiger partial charge in [-0.25, -0.2) is 15.0 Å². The molecule has 252 valence electrons. The highest BCUT2D eigenvalue weighted by molar-refractivity contribution is 6.19. The van der Waals surface area contributed by atoms with Crippen LogP contribution in [0.4, 0.5) is 0 Å². The van der Waals surface area contributed by atoms with Crippen molar-refractivity contribution >= 4 is 54.6 Å². The fraction of sp³-hybridized carbons (Fsp3) is 0. The molecule has 3 heterocycles. The second kappa shape index (κ2) is 12.1. The van der Waals surface area contributed by atoms with Gasteiger partial charge in [0.25, 0.3) is 0 Å². The van der Waals surface area contributed by atoms with E-state index < -0.39 is 0 Å². The topological polar surface area (TPSA) is 65.0 Å². The molecule has 11 rings (SSSR count). The largest absolute Gasteiger partial charge is 0.456 e. The van der Waals surface area contributed by atoms with Gasteiger partial charge in [-0.3, -0.25) is 0 Å². The minimum absolute atomic E-state index is 0.586. The Kier molecular flexibility index (Phi) is 6.79. The van der Waals surface area contributed by atoms with Crippen molar-refractivity contribution in [2.45, 2.75) is 0 Å². The van der Waals surface area contributed by atoms with Crippen LogP contribution in [0.15, 0.2) is 185 Å². The summed E-state index contributed by atoms with van der Waals surface area (Å²) in [5.74, 6) is 1.80. The maximum Gasteiger partial charge on any atom is 0.164 e. The van der Waals surface area contributed by atoms with Crippen LogP contribution in [0.1, 0.15) is 0 Å². The van der Waals surface area contributed by atoms with Crippen molar-refractivity contribution in [2.24, 2.45) is 0 Å². The Bertz CT molecular complexity index is 3200. The van der Waals surface area contributed by atoms with Crippen LogP contribution in [0.5, 0.6) is 0 Å². The lowest BCUT2D eigenvalue weighted by atomic mass is 9.92. The minimum Gasteiger partial charge on any atom is -0.456 e. The zero-order chi connectivity index (χ0) is 35.6. The maximum atomic E-state index is 6.53. The molecule has 0 bridgehead atoms. The van der Waals surface area contributed by atoms with Gasteiger partial charge in [0.1, 0.15) is 22.3 Å². The van der Waals surface area contributed by atoms with Crippen molar-refractivity contribution in [3.05, 3.63) is 176 Å². The van der Waals surface area contributed by atoms with Crippen molar-refractivity contribution in [1.82, 2.24) is 15.0 Å². The first-order valence-corrected chi connectivity index (χ1v) is 18.0. The standard InChI is InChI=1S/C49H29N3O2/c1-3-11-30(12-4-1)34-23-25-36-40(29-42-38-16-8-10-18-44(38)54-46(42)41(36)27-34)31-19-21-33(22-20-31)48-50-47(32-13-5-2-6-14-32)51-49(52-48)35-24-26-39-37-15-7-9-17-43(37)53-45(39)28-35/h1-29H. The van der Waals surface area contributed by atoms with Gasteiger partial charge < -0.3 is 8.83 Å². The van der Waals surface area contributed by atoms with E-state index in [-0.39, 0.29) is 0 Å². The number of benzene rings is 8. The normalized spacial score (nSPS) is 11.7. The summed E-state index contributed by atoms with van der Waals surface area (Å²) in [5.41, 5.74) is 10.7. The van der Waals surface area contributed by atoms with Gasteiger partial charge >= 0.3 is 0 Å². The first-order valence-electron chi connectivity index (χ1n) is 18.0. The highest BCUT2D eigenvalue weighted by atomic mass is 16.3. The molecule has 0 radical (unpaired) electrons. The molecule has 54 heavy (non-hydrogen) atoms. The second-order valence-corrected chi connectivity index (χ2v) is 13.6. The summed E-state index contributed by atoms with van der Waals surface area (Å²) in [7, 11) is 0. The molecule has 0 saturated heterocycles. The molecule has 0 fully saturated rings. The fourth-order valence-electron chi connectivity index (χ4n) is 7.66. The summed E-state index contributed by atoms with van der Waals surface area (Å²) in [5, 5.41) is 6.56. The van der Waals surface area contributed by atoms with Crippen molar-refractivity contribution in [1.29, 1.82) is 0 Å². The molecule has 5 nitrogen and oxygen atoms in total. The molecule has 0 aliphatic carbocycles. The zero-order valence-corrected chi connectivity index (χ0v) is 28.9. The Morgan fingerprint density at radius 1 is 0.278 bits per heavy atom. The van der Waals surface area contributed by atoms with Crippen LogP contribution >= 0.6 is 0 Å². The van der Waals surface area contributed by atoms with Gasteiger partial charge in [0, 0.05) is 43.6 Å². The lowest BCUT2D eigenvalue weighted by Crippen LogP contribution is -2.00. The molecule has 11 aromatic rings. The zero-order valence-electron chi connectivity index (χ0n) is 28.9. The number of fused-ring (bicyclic) bond motifs is 8. The Morgan fingerprint density at radius 3 is 1.48 bits per heavy atom. The Morgan fingerprint density at radius 2 is 0.759 bits per heavy atom. The van der Waals surface area contributed by atoms with Gasteiger partial charge in [0.15, 0.2) is 17.5 Å². The molecule has 0 atom stereocenters. The number of hydrogen-bond donors (Lipinski definition) is 0. The van der Waals surface area contributed by atoms with Gasteiger partial charge in [0.2, 0.25) is 0 Å². The van der Waals surface area contributed by atoms with E-state index in [1.54, 1.807) is 0 Å². The molecule has 0 aliphatic rings. The third kappa shape index (κ3) is 4.98. The van der Waals surface area contributed by atoms with E-state index in [0.29, 0.717) is 17.5 Å². The van der Waals surface area contributed by atoms with Crippen LogP contribution in [0.3, 0.4) is 0 Å². The van der Waals surface area contributed by atoms with Crippen LogP contribution in [-0.4, -0.2) is 15.0 Å². The SMILES string of the molecule is c1ccc(-c2ccc3c(-c4ccc(-c5nc(-c6ccccc6)nc(-c6ccc7c(c6)oc6ccccc67)n5)cc4)cc4c5ccccc5oc4c3c2)cc1. The number of rotatable bonds is 5. The average Bonchev–Trinajstić information content (AvgIpc) is 3.82. The Balaban J connectivity index is 1.05. The fourth-order valence-corrected chi connectivity index (χ4v) is 7.66. The number of para-hydroxylation sites is 2. The highest BCUT2D eigenvalue weighted by Gasteiger charge is 2.18. The molecule has 8 aromatic carbocycles. The minimum atomic E-state index is 0.586. The van der Waals surface area contributed by atoms with E-state index in [4.69, 9.17) is 23.8 Å². The molecule has 0 N–H and O–H groups in total. The van der Waals surface area contributed by atoms with Crippen molar-refractivity contribution < 1.29 is 8.83 Å². The molecule has 3 aromatic heterocycles. The molecule has 0 spiro atoms. The first kappa shape index (κ1) is 30.3. The Labute approximate surface area is 309 Å². The van der Waals surface area contributed by atoms with Crippen molar-refractivity contribution in [3.63, 3.8) is 0 Å². The molecule has 5 heteroatoms. The first-order chi connectivity index (χ1) is 26.7. The van der Waals surface area contributed by atoms with E-state index in [1.807, 2.05) is 72.8 Å². The van der Waals surface area contributed by atoms with Gasteiger partial charge in [-0.15, -0.1) is 0 Å². The molecular formula is C49H29N3O2. The number of hydrogen-bond acceptors (Lipinski definition) is 5. The summed E-state index contributed by atoms with van der Waals surface area (Å²) >= 11 is 0. The van der Waals surface area contributed by atoms with E-state index in [0.717, 1.165) is 88.0 Å². The van der Waals surface area contributed by atoms with Gasteiger partial charge in [-0.2, -0.15) is 0 Å². The quantitative estimate of drug-likeness (QED) is 0.180. The lowest BCUT2D eigenvalue weighted by Gasteiger charge is -2.12. The van der Waals surface area contributed by atoms with Crippen molar-refractivity contribution in [2.75, 3.05) is 0 Å². The Hall–Kier alpha value is -7.37. The van der Waals surface area contributed by atoms with E-state index in [1.165, 1.54) is 5.56 Å². The van der Waals surface area contributed by atoms with Crippen LogP contribution in [0.25, 0.3) is 111 Å². The summed E-state index contributed by atoms with van der Waals surface area (Å²) in [4.78, 5) is 15.0. The molecule has 0 amide bonds. The van der Waals surface area contributed by atoms with Crippen LogP contribution in [0.2, 0.25) is 0 Å². The average molecular weight is 692 g/mol. The second-order valence-electron chi connectivity index (χ2n) is 13.6. The summed E-state index contributed by atoms with van der Waals surface area (Å²) in [6.45, 7) is 0. The van der Waals surface area contributed by atoms with Gasteiger partial charge in [-0.1, -0.05) is 140 Å². The van der Waals surface area contributed by atoms with Gasteiger partial charge in [-0.05, 0) is 64.0 Å². The van der Waals surface area contributed by atoms with Crippen molar-refractivity contribution in [3.8, 4) is 56.4 Å². The molecule has 0 aliphatic heterocycles. The monoisotopic (exact) mass is 691 g/mol. The number of furan rings is 2. The number of nitrogens with zero attached hydrogens (tertiary/aromatic N) is 3. The summed E-state index contributed by atoms with van der Waals surface area (Å²) in [6, 6.07) is 60.5. The lowest BCUT2D eigenvalue weighted by molar-refractivity contribution is 0.669. The van der Waals surface area contributed by atoms with Gasteiger partial charge in [0.05, 0.1) is 0 Å². The maximum absolute atomic E-state index is 6.53. The third-order valence-electron chi connectivity index (χ3n) is 10.3. The van der Waals surface area contributed by atoms with Crippen LogP contribution in [0, 0.1) is 0 Å². The predicted molar refractivity (Wildman–Crippen MR) is 219 cm³/mol. The number of aromatic nitrogens is 3. The third-order valence-corrected chi connectivity index (χ3v) is 10.3. The van der Waals surface area contributed by atoms with E-state index in [2.05, 4.69) is 103 Å². The highest BCUT2D eigenvalue weighted by Crippen LogP contribution is 2.42. The summed E-state index contributed by atoms with van der Waals surface area (Å²) in [6.07, 6.45) is 0. The van der Waals surface area contributed by atoms with E-state index >= 15 is 0 Å². The molecular weight excluding hydrogens is 663 g/mol. The molecule has 0 unspecified atom stereocenters. The molecule has 0 saturated carbocycles. The van der Waals surface area contributed by atoms with Crippen LogP contribution < -0.4 is 0 Å². The smallest absolute Gasteiger partial charge is 0.164 e. The van der Waals surface area contributed by atoms with Crippen LogP contribution in [-0.2, 0) is 0 Å². The predicted octanol–water partition coefficient (Wildman–Crippen LogP) is 13.2. The summed E-state index contributed by atoms with van der Waals surface area (Å²) < 4.78 is 12.8. The van der Waals surface area contributed by atoms with E-state index in [9.17, 15) is 0 Å².